The Kier molecular flexibility index (Phi) is 5.32. The zero-order valence-corrected chi connectivity index (χ0v) is 14.3. The van der Waals surface area contributed by atoms with Gasteiger partial charge in [-0.25, -0.2) is 0 Å². The molecule has 0 aliphatic heterocycles. The molecule has 0 aromatic heterocycles. The first kappa shape index (κ1) is 17.4. The van der Waals surface area contributed by atoms with Crippen molar-refractivity contribution in [3.8, 4) is 0 Å². The summed E-state index contributed by atoms with van der Waals surface area (Å²) in [5, 5.41) is 9.06. The maximum absolute atomic E-state index is 12.6. The van der Waals surface area contributed by atoms with Crippen LogP contribution >= 0.6 is 0 Å². The summed E-state index contributed by atoms with van der Waals surface area (Å²) in [5.74, 6) is -0.714. The fourth-order valence-corrected chi connectivity index (χ4v) is 2.91. The molecule has 122 valence electrons. The van der Waals surface area contributed by atoms with Gasteiger partial charge in [0.05, 0.1) is 6.61 Å². The summed E-state index contributed by atoms with van der Waals surface area (Å²) >= 11 is 0. The fourth-order valence-electron chi connectivity index (χ4n) is 2.91. The summed E-state index contributed by atoms with van der Waals surface area (Å²) in [7, 11) is 0. The van der Waals surface area contributed by atoms with E-state index in [4.69, 9.17) is 5.11 Å². The number of aryl methyl sites for hydroxylation is 1. The zero-order chi connectivity index (χ0) is 17.1. The van der Waals surface area contributed by atoms with Gasteiger partial charge in [-0.3, -0.25) is 9.59 Å². The van der Waals surface area contributed by atoms with Crippen LogP contribution in [0.4, 0.5) is 0 Å². The number of Topliss-reactive ketones (excluding diaryl/α,β-unsaturated/α-hetero) is 2. The summed E-state index contributed by atoms with van der Waals surface area (Å²) in [6.45, 7) is 7.75. The van der Waals surface area contributed by atoms with E-state index in [0.29, 0.717) is 17.6 Å². The molecule has 0 radical (unpaired) electrons. The highest BCUT2D eigenvalue weighted by atomic mass is 16.3. The average Bonchev–Trinajstić information content (AvgIpc) is 2.52. The van der Waals surface area contributed by atoms with Crippen molar-refractivity contribution in [3.05, 3.63) is 51.6 Å². The molecule has 0 fully saturated rings. The van der Waals surface area contributed by atoms with Crippen LogP contribution in [0.3, 0.4) is 0 Å². The Morgan fingerprint density at radius 1 is 1.22 bits per heavy atom. The number of allylic oxidation sites excluding steroid dienone is 2. The van der Waals surface area contributed by atoms with Gasteiger partial charge in [0, 0.05) is 11.1 Å². The van der Waals surface area contributed by atoms with E-state index in [1.54, 1.807) is 0 Å². The van der Waals surface area contributed by atoms with Crippen LogP contribution in [0.15, 0.2) is 29.4 Å². The third-order valence-corrected chi connectivity index (χ3v) is 4.34. The lowest BCUT2D eigenvalue weighted by molar-refractivity contribution is -0.112. The van der Waals surface area contributed by atoms with Gasteiger partial charge in [-0.1, -0.05) is 37.6 Å². The molecule has 1 aromatic carbocycles. The van der Waals surface area contributed by atoms with Gasteiger partial charge in [0.2, 0.25) is 11.6 Å². The van der Waals surface area contributed by atoms with Crippen LogP contribution in [0.25, 0.3) is 6.08 Å². The number of fused-ring (bicyclic) bond motifs is 1. The van der Waals surface area contributed by atoms with E-state index in [0.717, 1.165) is 28.7 Å². The molecule has 3 heteroatoms. The van der Waals surface area contributed by atoms with E-state index in [-0.39, 0.29) is 24.1 Å². The number of rotatable bonds is 5. The first-order valence-corrected chi connectivity index (χ1v) is 8.06. The topological polar surface area (TPSA) is 54.4 Å². The van der Waals surface area contributed by atoms with Crippen LogP contribution in [0.1, 0.15) is 54.2 Å². The summed E-state index contributed by atoms with van der Waals surface area (Å²) in [5.41, 5.74) is 4.89. The Hall–Kier alpha value is -2.00. The number of hydrogen-bond acceptors (Lipinski definition) is 3. The molecule has 0 bridgehead atoms. The molecule has 0 amide bonds. The lowest BCUT2D eigenvalue weighted by Crippen LogP contribution is -2.25. The molecule has 0 heterocycles. The lowest BCUT2D eigenvalue weighted by Gasteiger charge is -2.21. The Balaban J connectivity index is 2.46. The van der Waals surface area contributed by atoms with Crippen molar-refractivity contribution in [2.24, 2.45) is 5.92 Å². The third-order valence-electron chi connectivity index (χ3n) is 4.34. The molecule has 23 heavy (non-hydrogen) atoms. The zero-order valence-electron chi connectivity index (χ0n) is 14.3. The largest absolute Gasteiger partial charge is 0.392 e. The summed E-state index contributed by atoms with van der Waals surface area (Å²) in [4.78, 5) is 25.0. The van der Waals surface area contributed by atoms with Gasteiger partial charge in [-0.05, 0) is 55.4 Å². The molecule has 1 aliphatic carbocycles. The van der Waals surface area contributed by atoms with Crippen LogP contribution in [0, 0.1) is 12.8 Å². The van der Waals surface area contributed by atoms with Crippen LogP contribution in [0.5, 0.6) is 0 Å². The van der Waals surface area contributed by atoms with E-state index in [1.807, 2.05) is 52.0 Å². The molecule has 1 aliphatic rings. The van der Waals surface area contributed by atoms with Crippen molar-refractivity contribution in [3.63, 3.8) is 0 Å². The number of benzene rings is 1. The van der Waals surface area contributed by atoms with Gasteiger partial charge in [-0.2, -0.15) is 0 Å². The Bertz CT molecular complexity index is 706. The van der Waals surface area contributed by atoms with Gasteiger partial charge in [-0.15, -0.1) is 0 Å². The second-order valence-electron chi connectivity index (χ2n) is 6.49. The summed E-state index contributed by atoms with van der Waals surface area (Å²) in [6, 6.07) is 3.93. The van der Waals surface area contributed by atoms with E-state index >= 15 is 0 Å². The minimum Gasteiger partial charge on any atom is -0.392 e. The van der Waals surface area contributed by atoms with Crippen molar-refractivity contribution < 1.29 is 14.7 Å². The third kappa shape index (κ3) is 3.50. The maximum atomic E-state index is 12.6. The molecule has 0 saturated carbocycles. The first-order chi connectivity index (χ1) is 10.9. The molecule has 0 unspecified atom stereocenters. The summed E-state index contributed by atoms with van der Waals surface area (Å²) in [6.07, 6.45) is 5.27. The smallest absolute Gasteiger partial charge is 0.234 e. The molecule has 2 rings (SSSR count). The van der Waals surface area contributed by atoms with E-state index in [2.05, 4.69) is 0 Å². The molecular weight excluding hydrogens is 288 g/mol. The molecule has 0 atom stereocenters. The van der Waals surface area contributed by atoms with Gasteiger partial charge in [0.1, 0.15) is 0 Å². The minimum atomic E-state index is -0.382. The summed E-state index contributed by atoms with van der Waals surface area (Å²) < 4.78 is 0. The Labute approximate surface area is 137 Å². The van der Waals surface area contributed by atoms with Gasteiger partial charge in [0.15, 0.2) is 0 Å². The highest BCUT2D eigenvalue weighted by molar-refractivity contribution is 6.52. The maximum Gasteiger partial charge on any atom is 0.234 e. The first-order valence-electron chi connectivity index (χ1n) is 8.06. The molecule has 3 nitrogen and oxygen atoms in total. The van der Waals surface area contributed by atoms with Gasteiger partial charge in [0.25, 0.3) is 0 Å². The van der Waals surface area contributed by atoms with Crippen LogP contribution in [-0.2, 0) is 11.2 Å². The monoisotopic (exact) mass is 312 g/mol. The second-order valence-corrected chi connectivity index (χ2v) is 6.49. The van der Waals surface area contributed by atoms with E-state index in [9.17, 15) is 9.59 Å². The molecule has 1 N–H and O–H groups in total. The highest BCUT2D eigenvalue weighted by Gasteiger charge is 2.31. The van der Waals surface area contributed by atoms with Crippen molar-refractivity contribution in [2.75, 3.05) is 6.61 Å². The number of hydrogen-bond donors (Lipinski definition) is 1. The van der Waals surface area contributed by atoms with Crippen molar-refractivity contribution in [2.45, 2.75) is 40.5 Å². The fraction of sp³-hybridized carbons (Fsp3) is 0.400. The second kappa shape index (κ2) is 7.05. The minimum absolute atomic E-state index is 0.0412. The van der Waals surface area contributed by atoms with Crippen LogP contribution < -0.4 is 0 Å². The number of ketones is 2. The Morgan fingerprint density at radius 3 is 2.52 bits per heavy atom. The lowest BCUT2D eigenvalue weighted by atomic mass is 9.81. The highest BCUT2D eigenvalue weighted by Crippen LogP contribution is 2.30. The van der Waals surface area contributed by atoms with Crippen molar-refractivity contribution in [1.29, 1.82) is 0 Å². The van der Waals surface area contributed by atoms with Crippen LogP contribution in [-0.4, -0.2) is 23.3 Å². The van der Waals surface area contributed by atoms with Gasteiger partial charge >= 0.3 is 0 Å². The quantitative estimate of drug-likeness (QED) is 0.666. The van der Waals surface area contributed by atoms with E-state index < -0.39 is 0 Å². The Morgan fingerprint density at radius 2 is 1.91 bits per heavy atom. The molecular formula is C20H24O3. The SMILES string of the molecule is C/C(=C\CCc1c(C)ccc2c1C(=O)C(=O)C(C(C)C)=C2)CO. The number of carbonyl (C=O) groups excluding carboxylic acids is 2. The van der Waals surface area contributed by atoms with Crippen LogP contribution in [0.2, 0.25) is 0 Å². The standard InChI is InChI=1S/C20H24O3/c1-12(2)17-10-15-9-8-14(4)16(7-5-6-13(3)11-21)18(15)20(23)19(17)22/h6,8-10,12,21H,5,7,11H2,1-4H3/b13-6+. The number of aliphatic hydroxyl groups excluding tert-OH is 1. The van der Waals surface area contributed by atoms with Gasteiger partial charge < -0.3 is 5.11 Å². The number of carbonyl (C=O) groups is 2. The molecule has 1 aromatic rings. The molecule has 0 spiro atoms. The average molecular weight is 312 g/mol. The predicted octanol–water partition coefficient (Wildman–Crippen LogP) is 3.67. The van der Waals surface area contributed by atoms with Crippen molar-refractivity contribution >= 4 is 17.6 Å². The molecule has 0 saturated heterocycles. The predicted molar refractivity (Wildman–Crippen MR) is 92.5 cm³/mol. The normalized spacial score (nSPS) is 15.0. The van der Waals surface area contributed by atoms with E-state index in [1.165, 1.54) is 0 Å². The number of aliphatic hydroxyl groups is 1. The van der Waals surface area contributed by atoms with Crippen molar-refractivity contribution in [1.82, 2.24) is 0 Å².